The van der Waals surface area contributed by atoms with Gasteiger partial charge in [-0.15, -0.1) is 3.89 Å². The number of nitrogens with one attached hydrogen (secondary N) is 3. The van der Waals surface area contributed by atoms with Gasteiger partial charge < -0.3 is 10.6 Å². The highest BCUT2D eigenvalue weighted by atomic mass is 35.5. The number of carbonyl (C=O) groups is 1. The molecule has 0 fully saturated rings. The number of hydrogen-bond acceptors (Lipinski definition) is 6. The SMILES string of the molecule is CNc1ccc(Cl)cc1C(=N)c1cnc2c(n1)c(C(=O)N[C@@H](C)C(C)(C)C)cn2SF. The van der Waals surface area contributed by atoms with Crippen molar-refractivity contribution >= 4 is 52.4 Å². The number of hydrogen-bond donors (Lipinski definition) is 3. The van der Waals surface area contributed by atoms with Gasteiger partial charge in [-0.2, -0.15) is 0 Å². The lowest BCUT2D eigenvalue weighted by molar-refractivity contribution is 0.0911. The largest absolute Gasteiger partial charge is 0.388 e. The molecule has 0 saturated carbocycles. The topological polar surface area (TPSA) is 95.7 Å². The van der Waals surface area contributed by atoms with Crippen LogP contribution in [0, 0.1) is 10.8 Å². The van der Waals surface area contributed by atoms with E-state index in [9.17, 15) is 8.68 Å². The summed E-state index contributed by atoms with van der Waals surface area (Å²) in [6.07, 6.45) is 2.75. The molecule has 3 N–H and O–H groups in total. The minimum absolute atomic E-state index is 0.0673. The smallest absolute Gasteiger partial charge is 0.255 e. The fourth-order valence-electron chi connectivity index (χ4n) is 2.87. The summed E-state index contributed by atoms with van der Waals surface area (Å²) >= 11 is 6.05. The molecule has 0 aliphatic heterocycles. The summed E-state index contributed by atoms with van der Waals surface area (Å²) < 4.78 is 14.6. The Morgan fingerprint density at radius 3 is 2.65 bits per heavy atom. The van der Waals surface area contributed by atoms with Gasteiger partial charge in [0.05, 0.1) is 17.5 Å². The first-order valence-electron chi connectivity index (χ1n) is 9.61. The maximum Gasteiger partial charge on any atom is 0.255 e. The lowest BCUT2D eigenvalue weighted by Crippen LogP contribution is -2.41. The molecule has 3 rings (SSSR count). The molecule has 0 unspecified atom stereocenters. The van der Waals surface area contributed by atoms with Gasteiger partial charge in [0, 0.05) is 35.6 Å². The zero-order valence-electron chi connectivity index (χ0n) is 17.9. The molecule has 0 aliphatic rings. The van der Waals surface area contributed by atoms with Crippen LogP contribution in [0.15, 0.2) is 30.6 Å². The predicted molar refractivity (Wildman–Crippen MR) is 125 cm³/mol. The molecule has 1 atom stereocenters. The van der Waals surface area contributed by atoms with Crippen molar-refractivity contribution in [3.8, 4) is 0 Å². The number of carbonyl (C=O) groups excluding carboxylic acids is 1. The van der Waals surface area contributed by atoms with Crippen LogP contribution < -0.4 is 10.6 Å². The van der Waals surface area contributed by atoms with E-state index in [1.807, 2.05) is 27.7 Å². The standard InChI is InChI=1S/C21H24ClFN6OS/c1-11(21(2,3)4)27-20(30)14-10-29(31-23)19-18(14)28-16(9-26-19)17(24)13-8-12(22)6-7-15(13)25-5/h6-11,24-25H,1-5H3,(H,27,30)/t11-/m0/s1. The third kappa shape index (κ3) is 4.67. The summed E-state index contributed by atoms with van der Waals surface area (Å²) in [5.74, 6) is -0.378. The molecular formula is C21H24ClFN6OS. The van der Waals surface area contributed by atoms with Crippen LogP contribution in [0.2, 0.25) is 5.02 Å². The van der Waals surface area contributed by atoms with Crippen LogP contribution in [-0.4, -0.2) is 38.6 Å². The molecule has 0 spiro atoms. The number of aromatic nitrogens is 3. The molecule has 31 heavy (non-hydrogen) atoms. The van der Waals surface area contributed by atoms with E-state index in [0.717, 1.165) is 3.97 Å². The first-order chi connectivity index (χ1) is 14.6. The second kappa shape index (κ2) is 8.84. The molecule has 0 aliphatic carbocycles. The van der Waals surface area contributed by atoms with Crippen molar-refractivity contribution in [2.45, 2.75) is 33.7 Å². The number of anilines is 1. The van der Waals surface area contributed by atoms with Gasteiger partial charge in [0.2, 0.25) is 0 Å². The van der Waals surface area contributed by atoms with Crippen molar-refractivity contribution in [3.63, 3.8) is 0 Å². The predicted octanol–water partition coefficient (Wildman–Crippen LogP) is 5.09. The number of rotatable bonds is 6. The normalized spacial score (nSPS) is 12.6. The van der Waals surface area contributed by atoms with Gasteiger partial charge in [0.15, 0.2) is 18.0 Å². The van der Waals surface area contributed by atoms with Crippen molar-refractivity contribution in [2.75, 3.05) is 12.4 Å². The van der Waals surface area contributed by atoms with Crippen LogP contribution in [0.3, 0.4) is 0 Å². The Morgan fingerprint density at radius 2 is 2.03 bits per heavy atom. The Labute approximate surface area is 189 Å². The molecule has 0 saturated heterocycles. The second-order valence-corrected chi connectivity index (χ2v) is 9.21. The number of halogens is 2. The highest BCUT2D eigenvalue weighted by Gasteiger charge is 2.26. The molecule has 164 valence electrons. The van der Waals surface area contributed by atoms with E-state index in [0.29, 0.717) is 16.3 Å². The Hall–Kier alpha value is -2.65. The minimum atomic E-state index is -0.378. The quantitative estimate of drug-likeness (QED) is 0.443. The third-order valence-corrected chi connectivity index (χ3v) is 5.87. The van der Waals surface area contributed by atoms with Crippen LogP contribution in [0.1, 0.15) is 49.3 Å². The lowest BCUT2D eigenvalue weighted by Gasteiger charge is -2.27. The number of nitrogens with zero attached hydrogens (tertiary/aromatic N) is 3. The first-order valence-corrected chi connectivity index (χ1v) is 10.7. The van der Waals surface area contributed by atoms with Gasteiger partial charge in [-0.1, -0.05) is 32.4 Å². The highest BCUT2D eigenvalue weighted by Crippen LogP contribution is 2.27. The van der Waals surface area contributed by atoms with Crippen LogP contribution >= 0.6 is 23.9 Å². The fourth-order valence-corrected chi connectivity index (χ4v) is 3.39. The summed E-state index contributed by atoms with van der Waals surface area (Å²) in [5, 5.41) is 15.1. The monoisotopic (exact) mass is 462 g/mol. The Balaban J connectivity index is 2.07. The van der Waals surface area contributed by atoms with E-state index in [2.05, 4.69) is 20.6 Å². The van der Waals surface area contributed by atoms with E-state index < -0.39 is 0 Å². The van der Waals surface area contributed by atoms with E-state index in [1.165, 1.54) is 12.4 Å². The molecule has 2 aromatic heterocycles. The van der Waals surface area contributed by atoms with Crippen molar-refractivity contribution in [3.05, 3.63) is 52.4 Å². The van der Waals surface area contributed by atoms with Gasteiger partial charge in [-0.05, 0) is 30.5 Å². The van der Waals surface area contributed by atoms with Crippen LogP contribution in [0.25, 0.3) is 11.2 Å². The number of fused-ring (bicyclic) bond motifs is 1. The summed E-state index contributed by atoms with van der Waals surface area (Å²) in [4.78, 5) is 21.7. The van der Waals surface area contributed by atoms with Gasteiger partial charge in [-0.3, -0.25) is 10.2 Å². The number of benzene rings is 1. The van der Waals surface area contributed by atoms with Crippen LogP contribution in [0.4, 0.5) is 9.57 Å². The lowest BCUT2D eigenvalue weighted by atomic mass is 9.88. The molecule has 10 heteroatoms. The number of amides is 1. The molecule has 7 nitrogen and oxygen atoms in total. The summed E-state index contributed by atoms with van der Waals surface area (Å²) in [7, 11) is 1.74. The Kier molecular flexibility index (Phi) is 6.56. The van der Waals surface area contributed by atoms with Gasteiger partial charge in [-0.25, -0.2) is 13.9 Å². The average molecular weight is 463 g/mol. The molecule has 2 heterocycles. The summed E-state index contributed by atoms with van der Waals surface area (Å²) in [5.41, 5.74) is 2.02. The van der Waals surface area contributed by atoms with E-state index >= 15 is 0 Å². The fraction of sp³-hybridized carbons (Fsp3) is 0.333. The van der Waals surface area contributed by atoms with Crippen LogP contribution in [0.5, 0.6) is 0 Å². The van der Waals surface area contributed by atoms with Crippen molar-refractivity contribution in [2.24, 2.45) is 5.41 Å². The summed E-state index contributed by atoms with van der Waals surface area (Å²) in [6, 6.07) is 5.01. The van der Waals surface area contributed by atoms with Crippen molar-refractivity contribution in [1.29, 1.82) is 5.41 Å². The molecule has 1 amide bonds. The molecular weight excluding hydrogens is 439 g/mol. The maximum atomic E-state index is 13.5. The molecule has 1 aromatic carbocycles. The second-order valence-electron chi connectivity index (χ2n) is 8.24. The summed E-state index contributed by atoms with van der Waals surface area (Å²) in [6.45, 7) is 7.96. The molecule has 0 bridgehead atoms. The van der Waals surface area contributed by atoms with Crippen LogP contribution in [-0.2, 0) is 0 Å². The zero-order valence-corrected chi connectivity index (χ0v) is 19.5. The maximum absolute atomic E-state index is 13.5. The zero-order chi connectivity index (χ0) is 22.9. The molecule has 0 radical (unpaired) electrons. The Morgan fingerprint density at radius 1 is 1.32 bits per heavy atom. The van der Waals surface area contributed by atoms with Gasteiger partial charge in [0.25, 0.3) is 5.91 Å². The van der Waals surface area contributed by atoms with Gasteiger partial charge >= 0.3 is 0 Å². The van der Waals surface area contributed by atoms with Gasteiger partial charge in [0.1, 0.15) is 11.2 Å². The minimum Gasteiger partial charge on any atom is -0.388 e. The van der Waals surface area contributed by atoms with Crippen molar-refractivity contribution < 1.29 is 8.68 Å². The average Bonchev–Trinajstić information content (AvgIpc) is 3.10. The molecule has 3 aromatic rings. The van der Waals surface area contributed by atoms with Crippen molar-refractivity contribution in [1.82, 2.24) is 19.3 Å². The third-order valence-electron chi connectivity index (χ3n) is 5.21. The first kappa shape index (κ1) is 23.0. The van der Waals surface area contributed by atoms with E-state index in [4.69, 9.17) is 17.0 Å². The Bertz CT molecular complexity index is 1160. The van der Waals surface area contributed by atoms with E-state index in [-0.39, 0.29) is 57.8 Å². The highest BCUT2D eigenvalue weighted by molar-refractivity contribution is 7.92. The van der Waals surface area contributed by atoms with E-state index in [1.54, 1.807) is 25.2 Å².